The van der Waals surface area contributed by atoms with Crippen molar-refractivity contribution < 1.29 is 19.1 Å². The number of amides is 3. The largest absolute Gasteiger partial charge is 0.444 e. The second-order valence-corrected chi connectivity index (χ2v) is 8.28. The van der Waals surface area contributed by atoms with E-state index in [0.29, 0.717) is 32.5 Å². The van der Waals surface area contributed by atoms with E-state index in [4.69, 9.17) is 4.74 Å². The minimum Gasteiger partial charge on any atom is -0.444 e. The Morgan fingerprint density at radius 3 is 2.31 bits per heavy atom. The number of ether oxygens (including phenoxy) is 1. The van der Waals surface area contributed by atoms with Gasteiger partial charge in [-0.3, -0.25) is 9.59 Å². The third-order valence-electron chi connectivity index (χ3n) is 5.16. The van der Waals surface area contributed by atoms with Crippen LogP contribution in [0.3, 0.4) is 0 Å². The van der Waals surface area contributed by atoms with Gasteiger partial charge in [0.1, 0.15) is 5.60 Å². The van der Waals surface area contributed by atoms with Crippen LogP contribution in [0.15, 0.2) is 0 Å². The van der Waals surface area contributed by atoms with Crippen LogP contribution in [0.1, 0.15) is 59.3 Å². The number of nitrogens with zero attached hydrogens (tertiary/aromatic N) is 2. The Morgan fingerprint density at radius 2 is 1.73 bits per heavy atom. The van der Waals surface area contributed by atoms with E-state index >= 15 is 0 Å². The van der Waals surface area contributed by atoms with Crippen molar-refractivity contribution in [2.24, 2.45) is 5.92 Å². The van der Waals surface area contributed by atoms with Crippen LogP contribution in [0, 0.1) is 5.92 Å². The Kier molecular flexibility index (Phi) is 6.89. The summed E-state index contributed by atoms with van der Waals surface area (Å²) in [5.74, 6) is 0.203. The molecule has 2 aliphatic heterocycles. The summed E-state index contributed by atoms with van der Waals surface area (Å²) in [5, 5.41) is 2.68. The van der Waals surface area contributed by atoms with Gasteiger partial charge in [-0.15, -0.1) is 0 Å². The van der Waals surface area contributed by atoms with Crippen LogP contribution in [0.5, 0.6) is 0 Å². The topological polar surface area (TPSA) is 79.0 Å². The highest BCUT2D eigenvalue weighted by Crippen LogP contribution is 2.25. The van der Waals surface area contributed by atoms with E-state index in [1.54, 1.807) is 11.9 Å². The Hall–Kier alpha value is -1.79. The van der Waals surface area contributed by atoms with Gasteiger partial charge in [-0.25, -0.2) is 4.79 Å². The lowest BCUT2D eigenvalue weighted by atomic mass is 9.95. The number of piperidine rings is 1. The summed E-state index contributed by atoms with van der Waals surface area (Å²) >= 11 is 0. The van der Waals surface area contributed by atoms with Crippen LogP contribution in [-0.4, -0.2) is 66.0 Å². The third-order valence-corrected chi connectivity index (χ3v) is 5.16. The molecule has 148 valence electrons. The van der Waals surface area contributed by atoms with Crippen LogP contribution >= 0.6 is 0 Å². The molecule has 2 rings (SSSR count). The second-order valence-electron chi connectivity index (χ2n) is 8.28. The van der Waals surface area contributed by atoms with Crippen LogP contribution in [0.25, 0.3) is 0 Å². The first kappa shape index (κ1) is 20.5. The molecule has 0 radical (unpaired) electrons. The molecule has 1 N–H and O–H groups in total. The van der Waals surface area contributed by atoms with Gasteiger partial charge in [0.25, 0.3) is 0 Å². The lowest BCUT2D eigenvalue weighted by molar-refractivity contribution is -0.135. The van der Waals surface area contributed by atoms with Crippen molar-refractivity contribution in [3.63, 3.8) is 0 Å². The fourth-order valence-electron chi connectivity index (χ4n) is 3.74. The highest BCUT2D eigenvalue weighted by atomic mass is 16.6. The van der Waals surface area contributed by atoms with Crippen molar-refractivity contribution in [1.29, 1.82) is 0 Å². The summed E-state index contributed by atoms with van der Waals surface area (Å²) in [6.45, 7) is 7.56. The molecule has 0 aliphatic carbocycles. The van der Waals surface area contributed by atoms with E-state index in [9.17, 15) is 14.4 Å². The molecule has 3 amide bonds. The lowest BCUT2D eigenvalue weighted by Crippen LogP contribution is -2.43. The minimum atomic E-state index is -0.505. The molecule has 2 heterocycles. The quantitative estimate of drug-likeness (QED) is 0.826. The van der Waals surface area contributed by atoms with Crippen molar-refractivity contribution in [1.82, 2.24) is 15.1 Å². The SMILES string of the molecule is CNC(=O)C1CCN(C(=O)CCC2CCCN2C(=O)OC(C)(C)C)CC1. The summed E-state index contributed by atoms with van der Waals surface area (Å²) < 4.78 is 5.47. The summed E-state index contributed by atoms with van der Waals surface area (Å²) in [6, 6.07) is 0.0807. The molecule has 2 saturated heterocycles. The van der Waals surface area contributed by atoms with Crippen molar-refractivity contribution >= 4 is 17.9 Å². The van der Waals surface area contributed by atoms with Gasteiger partial charge in [0.2, 0.25) is 11.8 Å². The van der Waals surface area contributed by atoms with Gasteiger partial charge in [-0.2, -0.15) is 0 Å². The molecule has 2 fully saturated rings. The van der Waals surface area contributed by atoms with Crippen LogP contribution in [0.2, 0.25) is 0 Å². The predicted molar refractivity (Wildman–Crippen MR) is 98.6 cm³/mol. The van der Waals surface area contributed by atoms with Crippen molar-refractivity contribution in [2.75, 3.05) is 26.7 Å². The van der Waals surface area contributed by atoms with Gasteiger partial charge < -0.3 is 19.9 Å². The van der Waals surface area contributed by atoms with Gasteiger partial charge in [-0.1, -0.05) is 0 Å². The molecule has 26 heavy (non-hydrogen) atoms. The average molecular weight is 367 g/mol. The maximum absolute atomic E-state index is 12.5. The van der Waals surface area contributed by atoms with Gasteiger partial charge in [-0.05, 0) is 52.9 Å². The summed E-state index contributed by atoms with van der Waals surface area (Å²) in [5.41, 5.74) is -0.505. The zero-order valence-corrected chi connectivity index (χ0v) is 16.5. The third kappa shape index (κ3) is 5.61. The Balaban J connectivity index is 1.78. The molecule has 2 aliphatic rings. The smallest absolute Gasteiger partial charge is 0.410 e. The zero-order chi connectivity index (χ0) is 19.3. The fourth-order valence-corrected chi connectivity index (χ4v) is 3.74. The van der Waals surface area contributed by atoms with E-state index in [2.05, 4.69) is 5.32 Å². The Morgan fingerprint density at radius 1 is 1.08 bits per heavy atom. The molecule has 1 atom stereocenters. The first-order chi connectivity index (χ1) is 12.2. The maximum atomic E-state index is 12.5. The molecule has 0 aromatic heterocycles. The number of carbonyl (C=O) groups excluding carboxylic acids is 3. The molecule has 1 unspecified atom stereocenters. The first-order valence-electron chi connectivity index (χ1n) is 9.70. The normalized spacial score (nSPS) is 21.6. The van der Waals surface area contributed by atoms with Crippen LogP contribution in [-0.2, 0) is 14.3 Å². The molecule has 0 spiro atoms. The molecule has 0 bridgehead atoms. The van der Waals surface area contributed by atoms with Gasteiger partial charge in [0, 0.05) is 45.1 Å². The molecule has 0 saturated carbocycles. The van der Waals surface area contributed by atoms with Gasteiger partial charge in [0.05, 0.1) is 0 Å². The van der Waals surface area contributed by atoms with E-state index < -0.39 is 5.60 Å². The molecule has 7 nitrogen and oxygen atoms in total. The predicted octanol–water partition coefficient (Wildman–Crippen LogP) is 2.15. The Labute approximate surface area is 156 Å². The number of nitrogens with one attached hydrogen (secondary N) is 1. The van der Waals surface area contributed by atoms with Gasteiger partial charge >= 0.3 is 6.09 Å². The molecule has 0 aromatic rings. The highest BCUT2D eigenvalue weighted by Gasteiger charge is 2.33. The average Bonchev–Trinajstić information content (AvgIpc) is 3.06. The van der Waals surface area contributed by atoms with Crippen LogP contribution in [0.4, 0.5) is 4.79 Å². The summed E-state index contributed by atoms with van der Waals surface area (Å²) in [4.78, 5) is 40.1. The summed E-state index contributed by atoms with van der Waals surface area (Å²) in [6.07, 6.45) is 4.15. The number of likely N-dealkylation sites (tertiary alicyclic amines) is 2. The van der Waals surface area contributed by atoms with Crippen molar-refractivity contribution in [2.45, 2.75) is 70.9 Å². The number of hydrogen-bond donors (Lipinski definition) is 1. The molecular weight excluding hydrogens is 334 g/mol. The van der Waals surface area contributed by atoms with E-state index in [0.717, 1.165) is 25.7 Å². The zero-order valence-electron chi connectivity index (χ0n) is 16.5. The van der Waals surface area contributed by atoms with E-state index in [1.807, 2.05) is 25.7 Å². The standard InChI is InChI=1S/C19H33N3O4/c1-19(2,3)26-18(25)22-11-5-6-15(22)7-8-16(23)21-12-9-14(10-13-21)17(24)20-4/h14-15H,5-13H2,1-4H3,(H,20,24). The lowest BCUT2D eigenvalue weighted by Gasteiger charge is -2.32. The molecule has 0 aromatic carbocycles. The van der Waals surface area contributed by atoms with Crippen molar-refractivity contribution in [3.8, 4) is 0 Å². The minimum absolute atomic E-state index is 0.0153. The fraction of sp³-hybridized carbons (Fsp3) is 0.842. The monoisotopic (exact) mass is 367 g/mol. The molecular formula is C19H33N3O4. The van der Waals surface area contributed by atoms with Gasteiger partial charge in [0.15, 0.2) is 0 Å². The van der Waals surface area contributed by atoms with E-state index in [-0.39, 0.29) is 29.9 Å². The van der Waals surface area contributed by atoms with Crippen molar-refractivity contribution in [3.05, 3.63) is 0 Å². The highest BCUT2D eigenvalue weighted by molar-refractivity contribution is 5.80. The second kappa shape index (κ2) is 8.73. The first-order valence-corrected chi connectivity index (χ1v) is 9.70. The number of hydrogen-bond acceptors (Lipinski definition) is 4. The maximum Gasteiger partial charge on any atom is 0.410 e. The Bertz CT molecular complexity index is 521. The van der Waals surface area contributed by atoms with Crippen LogP contribution < -0.4 is 5.32 Å². The van der Waals surface area contributed by atoms with E-state index in [1.165, 1.54) is 0 Å². The number of carbonyl (C=O) groups is 3. The summed E-state index contributed by atoms with van der Waals surface area (Å²) in [7, 11) is 1.65. The molecule has 7 heteroatoms. The number of rotatable bonds is 4.